The number of nitrogens with zero attached hydrogens (tertiary/aromatic N) is 2. The van der Waals surface area contributed by atoms with Crippen molar-refractivity contribution < 1.29 is 18.4 Å². The summed E-state index contributed by atoms with van der Waals surface area (Å²) < 4.78 is 19.4. The molecule has 3 rings (SSSR count). The monoisotopic (exact) mass is 405 g/mol. The van der Waals surface area contributed by atoms with Crippen LogP contribution in [-0.2, 0) is 4.84 Å². The number of hydrogen-bond donors (Lipinski definition) is 1. The van der Waals surface area contributed by atoms with Crippen molar-refractivity contribution >= 4 is 38.5 Å². The second-order valence-electron chi connectivity index (χ2n) is 5.23. The number of oxime groups is 1. The van der Waals surface area contributed by atoms with Crippen molar-refractivity contribution in [3.63, 3.8) is 0 Å². The number of carbonyl (C=O) groups excluding carboxylic acids is 1. The number of rotatable bonds is 5. The highest BCUT2D eigenvalue weighted by Gasteiger charge is 2.14. The van der Waals surface area contributed by atoms with Crippen molar-refractivity contribution in [1.82, 2.24) is 4.98 Å². The standard InChI is InChI=1S/C17H13BrFN3O3/c1-9-12(18)3-4-13(21-9)17(20)22-24-8-14(23)16-7-10-6-11(19)2-5-15(10)25-16/h2-7H,8H2,1H3,(H2,20,22). The van der Waals surface area contributed by atoms with E-state index in [-0.39, 0.29) is 18.2 Å². The fraction of sp³-hybridized carbons (Fsp3) is 0.118. The van der Waals surface area contributed by atoms with Gasteiger partial charge in [-0.05, 0) is 59.3 Å². The Hall–Kier alpha value is -2.74. The smallest absolute Gasteiger partial charge is 0.238 e. The number of amidine groups is 1. The summed E-state index contributed by atoms with van der Waals surface area (Å²) >= 11 is 3.34. The van der Waals surface area contributed by atoms with E-state index in [0.29, 0.717) is 16.7 Å². The molecule has 0 atom stereocenters. The van der Waals surface area contributed by atoms with Gasteiger partial charge in [0.25, 0.3) is 0 Å². The van der Waals surface area contributed by atoms with Crippen LogP contribution in [0.4, 0.5) is 4.39 Å². The number of furan rings is 1. The van der Waals surface area contributed by atoms with Crippen LogP contribution in [0, 0.1) is 12.7 Å². The summed E-state index contributed by atoms with van der Waals surface area (Å²) in [6.45, 7) is 1.45. The molecule has 6 nitrogen and oxygen atoms in total. The van der Waals surface area contributed by atoms with E-state index >= 15 is 0 Å². The van der Waals surface area contributed by atoms with Gasteiger partial charge in [-0.1, -0.05) is 5.16 Å². The number of aromatic nitrogens is 1. The molecule has 0 saturated heterocycles. The third-order valence-corrected chi connectivity index (χ3v) is 4.23. The minimum absolute atomic E-state index is 0.0510. The number of aryl methyl sites for hydroxylation is 1. The molecule has 0 fully saturated rings. The van der Waals surface area contributed by atoms with Crippen molar-refractivity contribution in [2.75, 3.05) is 6.61 Å². The van der Waals surface area contributed by atoms with Gasteiger partial charge >= 0.3 is 0 Å². The Morgan fingerprint density at radius 2 is 2.16 bits per heavy atom. The molecule has 3 aromatic rings. The van der Waals surface area contributed by atoms with Crippen LogP contribution in [0.15, 0.2) is 50.4 Å². The first-order valence-corrected chi connectivity index (χ1v) is 8.04. The van der Waals surface area contributed by atoms with Crippen LogP contribution in [0.2, 0.25) is 0 Å². The fourth-order valence-electron chi connectivity index (χ4n) is 2.12. The number of ketones is 1. The number of halogens is 2. The van der Waals surface area contributed by atoms with Crippen LogP contribution in [0.1, 0.15) is 21.9 Å². The van der Waals surface area contributed by atoms with E-state index < -0.39 is 11.6 Å². The fourth-order valence-corrected chi connectivity index (χ4v) is 2.34. The van der Waals surface area contributed by atoms with Gasteiger partial charge in [0.1, 0.15) is 17.1 Å². The lowest BCUT2D eigenvalue weighted by Gasteiger charge is -2.03. The first-order valence-electron chi connectivity index (χ1n) is 7.25. The molecule has 0 unspecified atom stereocenters. The third kappa shape index (κ3) is 3.85. The zero-order chi connectivity index (χ0) is 18.0. The molecular weight excluding hydrogens is 393 g/mol. The number of fused-ring (bicyclic) bond motifs is 1. The van der Waals surface area contributed by atoms with Crippen LogP contribution in [0.5, 0.6) is 0 Å². The van der Waals surface area contributed by atoms with Crippen LogP contribution in [0.25, 0.3) is 11.0 Å². The van der Waals surface area contributed by atoms with Gasteiger partial charge in [0.2, 0.25) is 5.78 Å². The van der Waals surface area contributed by atoms with Gasteiger partial charge in [-0.25, -0.2) is 9.37 Å². The lowest BCUT2D eigenvalue weighted by Crippen LogP contribution is -2.17. The molecule has 0 aliphatic heterocycles. The molecule has 25 heavy (non-hydrogen) atoms. The van der Waals surface area contributed by atoms with Crippen LogP contribution in [-0.4, -0.2) is 23.2 Å². The average molecular weight is 406 g/mol. The minimum Gasteiger partial charge on any atom is -0.453 e. The molecule has 0 saturated carbocycles. The number of benzene rings is 1. The van der Waals surface area contributed by atoms with Gasteiger partial charge in [0, 0.05) is 9.86 Å². The SMILES string of the molecule is Cc1nc(/C(N)=N/OCC(=O)c2cc3cc(F)ccc3o2)ccc1Br. The lowest BCUT2D eigenvalue weighted by molar-refractivity contribution is 0.0750. The summed E-state index contributed by atoms with van der Waals surface area (Å²) in [4.78, 5) is 21.3. The topological polar surface area (TPSA) is 90.7 Å². The van der Waals surface area contributed by atoms with Crippen LogP contribution in [0.3, 0.4) is 0 Å². The van der Waals surface area contributed by atoms with E-state index in [4.69, 9.17) is 15.0 Å². The van der Waals surface area contributed by atoms with Crippen molar-refractivity contribution in [3.8, 4) is 0 Å². The average Bonchev–Trinajstić information content (AvgIpc) is 3.00. The molecule has 1 aromatic carbocycles. The number of pyridine rings is 1. The Kier molecular flexibility index (Phi) is 4.80. The van der Waals surface area contributed by atoms with E-state index in [9.17, 15) is 9.18 Å². The maximum Gasteiger partial charge on any atom is 0.238 e. The van der Waals surface area contributed by atoms with Crippen LogP contribution < -0.4 is 5.73 Å². The molecule has 2 N–H and O–H groups in total. The van der Waals surface area contributed by atoms with E-state index in [2.05, 4.69) is 26.1 Å². The van der Waals surface area contributed by atoms with Gasteiger partial charge in [0.05, 0.1) is 5.69 Å². The summed E-state index contributed by atoms with van der Waals surface area (Å²) in [5.41, 5.74) is 7.39. The molecule has 0 radical (unpaired) electrons. The maximum atomic E-state index is 13.2. The Bertz CT molecular complexity index is 984. The number of carbonyl (C=O) groups is 1. The largest absolute Gasteiger partial charge is 0.453 e. The van der Waals surface area contributed by atoms with Gasteiger partial charge < -0.3 is 15.0 Å². The van der Waals surface area contributed by atoms with E-state index in [1.165, 1.54) is 24.3 Å². The Morgan fingerprint density at radius 1 is 1.36 bits per heavy atom. The summed E-state index contributed by atoms with van der Waals surface area (Å²) in [7, 11) is 0. The summed E-state index contributed by atoms with van der Waals surface area (Å²) in [6, 6.07) is 8.92. The molecule has 0 aliphatic carbocycles. The van der Waals surface area contributed by atoms with Gasteiger partial charge in [0.15, 0.2) is 18.2 Å². The van der Waals surface area contributed by atoms with Crippen LogP contribution >= 0.6 is 15.9 Å². The predicted octanol–water partition coefficient (Wildman–Crippen LogP) is 3.56. The molecule has 2 aromatic heterocycles. The zero-order valence-corrected chi connectivity index (χ0v) is 14.7. The summed E-state index contributed by atoms with van der Waals surface area (Å²) in [5.74, 6) is -0.728. The summed E-state index contributed by atoms with van der Waals surface area (Å²) in [6.07, 6.45) is 0. The van der Waals surface area contributed by atoms with Gasteiger partial charge in [-0.3, -0.25) is 4.79 Å². The van der Waals surface area contributed by atoms with Crippen molar-refractivity contribution in [2.24, 2.45) is 10.9 Å². The number of nitrogens with two attached hydrogens (primary N) is 1. The zero-order valence-electron chi connectivity index (χ0n) is 13.1. The van der Waals surface area contributed by atoms with Crippen molar-refractivity contribution in [3.05, 3.63) is 63.8 Å². The lowest BCUT2D eigenvalue weighted by atomic mass is 10.2. The maximum absolute atomic E-state index is 13.2. The predicted molar refractivity (Wildman–Crippen MR) is 93.9 cm³/mol. The highest BCUT2D eigenvalue weighted by molar-refractivity contribution is 9.10. The third-order valence-electron chi connectivity index (χ3n) is 3.40. The Labute approximate surface area is 150 Å². The van der Waals surface area contributed by atoms with E-state index in [1.54, 1.807) is 12.1 Å². The molecule has 0 amide bonds. The molecule has 2 heterocycles. The molecule has 0 bridgehead atoms. The second kappa shape index (κ2) is 7.02. The Balaban J connectivity index is 1.67. The molecule has 0 aliphatic rings. The molecule has 0 spiro atoms. The quantitative estimate of drug-likeness (QED) is 0.303. The first-order chi connectivity index (χ1) is 11.9. The summed E-state index contributed by atoms with van der Waals surface area (Å²) in [5, 5.41) is 4.19. The van der Waals surface area contributed by atoms with Crippen molar-refractivity contribution in [2.45, 2.75) is 6.92 Å². The normalized spacial score (nSPS) is 11.7. The van der Waals surface area contributed by atoms with Crippen molar-refractivity contribution in [1.29, 1.82) is 0 Å². The van der Waals surface area contributed by atoms with Gasteiger partial charge in [-0.2, -0.15) is 0 Å². The number of hydrogen-bond acceptors (Lipinski definition) is 5. The highest BCUT2D eigenvalue weighted by atomic mass is 79.9. The second-order valence-corrected chi connectivity index (χ2v) is 6.08. The Morgan fingerprint density at radius 3 is 2.92 bits per heavy atom. The molecule has 128 valence electrons. The minimum atomic E-state index is -0.437. The first kappa shape index (κ1) is 17.1. The van der Waals surface area contributed by atoms with E-state index in [1.807, 2.05) is 6.92 Å². The molecule has 8 heteroatoms. The molecular formula is C17H13BrFN3O3. The highest BCUT2D eigenvalue weighted by Crippen LogP contribution is 2.20. The van der Waals surface area contributed by atoms with Gasteiger partial charge in [-0.15, -0.1) is 0 Å². The number of Topliss-reactive ketones (excluding diaryl/α,β-unsaturated/α-hetero) is 1. The van der Waals surface area contributed by atoms with E-state index in [0.717, 1.165) is 10.2 Å².